The Bertz CT molecular complexity index is 928. The van der Waals surface area contributed by atoms with Crippen LogP contribution in [0, 0.1) is 0 Å². The lowest BCUT2D eigenvalue weighted by atomic mass is 9.87. The van der Waals surface area contributed by atoms with Crippen molar-refractivity contribution in [1.82, 2.24) is 15.1 Å². The zero-order valence-electron chi connectivity index (χ0n) is 17.0. The van der Waals surface area contributed by atoms with E-state index in [2.05, 4.69) is 15.2 Å². The van der Waals surface area contributed by atoms with Crippen LogP contribution >= 0.6 is 0 Å². The number of H-pyrrole nitrogens is 1. The van der Waals surface area contributed by atoms with Gasteiger partial charge in [-0.05, 0) is 18.1 Å². The van der Waals surface area contributed by atoms with Crippen LogP contribution in [0.25, 0.3) is 0 Å². The number of rotatable bonds is 5. The van der Waals surface area contributed by atoms with Gasteiger partial charge in [0.15, 0.2) is 0 Å². The first-order valence-corrected chi connectivity index (χ1v) is 10.2. The van der Waals surface area contributed by atoms with E-state index in [1.807, 2.05) is 61.7 Å². The van der Waals surface area contributed by atoms with Gasteiger partial charge in [-0.15, -0.1) is 0 Å². The molecule has 2 aliphatic rings. The molecule has 30 heavy (non-hydrogen) atoms. The molecule has 2 aromatic rings. The molecule has 1 aromatic heterocycles. The van der Waals surface area contributed by atoms with Crippen molar-refractivity contribution in [3.8, 4) is 0 Å². The van der Waals surface area contributed by atoms with Gasteiger partial charge in [-0.3, -0.25) is 19.4 Å². The first-order chi connectivity index (χ1) is 14.5. The lowest BCUT2D eigenvalue weighted by molar-refractivity contribution is -0.364. The van der Waals surface area contributed by atoms with Crippen LogP contribution in [0.1, 0.15) is 18.9 Å². The first kappa shape index (κ1) is 19.9. The molecule has 1 aromatic carbocycles. The summed E-state index contributed by atoms with van der Waals surface area (Å²) < 4.78 is 0. The van der Waals surface area contributed by atoms with E-state index in [0.29, 0.717) is 32.6 Å². The predicted octanol–water partition coefficient (Wildman–Crippen LogP) is 1.01. The number of nitrogens with zero attached hydrogens (tertiary/aromatic N) is 3. The number of carbonyl (C=O) groups is 3. The smallest absolute Gasteiger partial charge is 0.325 e. The number of amides is 4. The van der Waals surface area contributed by atoms with Gasteiger partial charge in [0.2, 0.25) is 5.91 Å². The van der Waals surface area contributed by atoms with Gasteiger partial charge in [0.1, 0.15) is 25.2 Å². The average molecular weight is 408 g/mol. The lowest BCUT2D eigenvalue weighted by Gasteiger charge is -2.32. The number of imide groups is 1. The topological polar surface area (TPSA) is 87.1 Å². The Balaban J connectivity index is 1.41. The van der Waals surface area contributed by atoms with E-state index in [-0.39, 0.29) is 18.4 Å². The molecule has 0 aliphatic carbocycles. The van der Waals surface area contributed by atoms with E-state index in [1.165, 1.54) is 0 Å². The molecule has 0 unspecified atom stereocenters. The summed E-state index contributed by atoms with van der Waals surface area (Å²) in [6.45, 7) is 4.09. The van der Waals surface area contributed by atoms with E-state index in [9.17, 15) is 14.4 Å². The number of urea groups is 1. The van der Waals surface area contributed by atoms with E-state index in [1.54, 1.807) is 4.90 Å². The van der Waals surface area contributed by atoms with Crippen molar-refractivity contribution in [3.63, 3.8) is 0 Å². The number of aromatic amines is 1. The number of pyridine rings is 1. The molecule has 0 spiro atoms. The molecular formula is C22H26N5O3+. The summed E-state index contributed by atoms with van der Waals surface area (Å²) in [5.74, 6) is 0.427. The molecule has 0 bridgehead atoms. The second-order valence-corrected chi connectivity index (χ2v) is 7.56. The number of piperazine rings is 1. The highest BCUT2D eigenvalue weighted by Crippen LogP contribution is 2.32. The number of aromatic nitrogens is 1. The summed E-state index contributed by atoms with van der Waals surface area (Å²) in [5.41, 5.74) is -0.381. The molecule has 156 valence electrons. The molecule has 1 atom stereocenters. The van der Waals surface area contributed by atoms with Gasteiger partial charge in [-0.2, -0.15) is 0 Å². The van der Waals surface area contributed by atoms with Crippen LogP contribution in [0.4, 0.5) is 10.6 Å². The van der Waals surface area contributed by atoms with Gasteiger partial charge >= 0.3 is 6.03 Å². The Morgan fingerprint density at radius 2 is 1.73 bits per heavy atom. The van der Waals surface area contributed by atoms with Crippen molar-refractivity contribution >= 4 is 23.7 Å². The van der Waals surface area contributed by atoms with Gasteiger partial charge in [-0.1, -0.05) is 43.3 Å². The van der Waals surface area contributed by atoms with Crippen molar-refractivity contribution < 1.29 is 19.4 Å². The molecule has 4 amide bonds. The van der Waals surface area contributed by atoms with Crippen molar-refractivity contribution in [1.29, 1.82) is 0 Å². The van der Waals surface area contributed by atoms with E-state index < -0.39 is 11.6 Å². The second kappa shape index (κ2) is 8.14. The average Bonchev–Trinajstić information content (AvgIpc) is 3.05. The molecule has 8 heteroatoms. The Morgan fingerprint density at radius 1 is 1.03 bits per heavy atom. The fraction of sp³-hybridized carbons (Fsp3) is 0.364. The normalized spacial score (nSPS) is 21.7. The zero-order valence-corrected chi connectivity index (χ0v) is 17.0. The number of nitrogens with one attached hydrogen (secondary N) is 2. The Morgan fingerprint density at radius 3 is 2.37 bits per heavy atom. The van der Waals surface area contributed by atoms with Crippen molar-refractivity contribution in [2.24, 2.45) is 0 Å². The minimum absolute atomic E-state index is 0.213. The number of hydrogen-bond acceptors (Lipinski definition) is 4. The third kappa shape index (κ3) is 3.49. The van der Waals surface area contributed by atoms with Crippen molar-refractivity contribution in [3.05, 3.63) is 60.3 Å². The van der Waals surface area contributed by atoms with Gasteiger partial charge in [-0.25, -0.2) is 9.78 Å². The van der Waals surface area contributed by atoms with Crippen LogP contribution in [-0.2, 0) is 15.1 Å². The van der Waals surface area contributed by atoms with Crippen LogP contribution in [-0.4, -0.2) is 60.4 Å². The molecule has 2 saturated heterocycles. The first-order valence-electron chi connectivity index (χ1n) is 10.2. The fourth-order valence-corrected chi connectivity index (χ4v) is 4.14. The third-order valence-electron chi connectivity index (χ3n) is 5.93. The van der Waals surface area contributed by atoms with Crippen LogP contribution in [0.2, 0.25) is 0 Å². The van der Waals surface area contributed by atoms with Gasteiger partial charge in [0.05, 0.1) is 19.3 Å². The summed E-state index contributed by atoms with van der Waals surface area (Å²) in [6.07, 6.45) is 2.29. The Labute approximate surface area is 175 Å². The Kier molecular flexibility index (Phi) is 5.39. The standard InChI is InChI=1S/C22H25N5O3/c1-2-22(17-8-4-3-5-9-17)20(29)27(21(30)24-22)16-19(28)26-14-12-25(13-15-26)18-10-6-7-11-23-18/h3-11H,2,12-16H2,1H3,(H,24,30)/p+1/t22-/m1/s1. The molecule has 2 N–H and O–H groups in total. The monoisotopic (exact) mass is 408 g/mol. The number of benzene rings is 1. The third-order valence-corrected chi connectivity index (χ3v) is 5.93. The number of hydrogen-bond donors (Lipinski definition) is 1. The lowest BCUT2D eigenvalue weighted by Crippen LogP contribution is -2.53. The zero-order chi connectivity index (χ0) is 21.1. The molecule has 2 aliphatic heterocycles. The molecule has 3 heterocycles. The second-order valence-electron chi connectivity index (χ2n) is 7.56. The van der Waals surface area contributed by atoms with E-state index >= 15 is 0 Å². The summed E-state index contributed by atoms with van der Waals surface area (Å²) in [7, 11) is 0. The highest BCUT2D eigenvalue weighted by molar-refractivity contribution is 6.09. The van der Waals surface area contributed by atoms with Crippen molar-refractivity contribution in [2.45, 2.75) is 18.9 Å². The summed E-state index contributed by atoms with van der Waals surface area (Å²) >= 11 is 0. The fourth-order valence-electron chi connectivity index (χ4n) is 4.14. The largest absolute Gasteiger partial charge is 0.333 e. The summed E-state index contributed by atoms with van der Waals surface area (Å²) in [6, 6.07) is 14.6. The molecule has 4 rings (SSSR count). The van der Waals surface area contributed by atoms with Gasteiger partial charge < -0.3 is 10.2 Å². The molecule has 0 radical (unpaired) electrons. The SMILES string of the molecule is CC[C@]1(c2ccccc2)NC(=O)N(CC(=O)N2CCN(c3cccc[nH+]3)CC2)C1=O. The van der Waals surface area contributed by atoms with Crippen molar-refractivity contribution in [2.75, 3.05) is 37.6 Å². The quantitative estimate of drug-likeness (QED) is 0.748. The molecule has 0 saturated carbocycles. The van der Waals surface area contributed by atoms with E-state index in [4.69, 9.17) is 0 Å². The predicted molar refractivity (Wildman–Crippen MR) is 110 cm³/mol. The molecule has 8 nitrogen and oxygen atoms in total. The Hall–Kier alpha value is -3.42. The van der Waals surface area contributed by atoms with Gasteiger partial charge in [0, 0.05) is 6.07 Å². The number of anilines is 1. The summed E-state index contributed by atoms with van der Waals surface area (Å²) in [5, 5.41) is 2.82. The molecular weight excluding hydrogens is 382 g/mol. The summed E-state index contributed by atoms with van der Waals surface area (Å²) in [4.78, 5) is 46.8. The molecule has 2 fully saturated rings. The van der Waals surface area contributed by atoms with Crippen LogP contribution in [0.15, 0.2) is 54.7 Å². The van der Waals surface area contributed by atoms with Crippen LogP contribution < -0.4 is 15.2 Å². The van der Waals surface area contributed by atoms with Gasteiger partial charge in [0.25, 0.3) is 11.7 Å². The maximum absolute atomic E-state index is 13.2. The van der Waals surface area contributed by atoms with Crippen LogP contribution in [0.5, 0.6) is 0 Å². The van der Waals surface area contributed by atoms with Crippen LogP contribution in [0.3, 0.4) is 0 Å². The number of carbonyl (C=O) groups excluding carboxylic acids is 3. The van der Waals surface area contributed by atoms with E-state index in [0.717, 1.165) is 16.3 Å². The minimum Gasteiger partial charge on any atom is -0.333 e. The highest BCUT2D eigenvalue weighted by Gasteiger charge is 2.51. The maximum atomic E-state index is 13.2. The maximum Gasteiger partial charge on any atom is 0.325 e. The highest BCUT2D eigenvalue weighted by atomic mass is 16.2. The minimum atomic E-state index is -1.11.